The van der Waals surface area contributed by atoms with Crippen molar-refractivity contribution in [1.82, 2.24) is 4.98 Å². The van der Waals surface area contributed by atoms with E-state index in [1.807, 2.05) is 12.3 Å². The number of hydrogen-bond donors (Lipinski definition) is 0. The maximum absolute atomic E-state index is 6.73. The predicted octanol–water partition coefficient (Wildman–Crippen LogP) is 9.16. The van der Waals surface area contributed by atoms with Gasteiger partial charge in [0.05, 0.1) is 10.7 Å². The van der Waals surface area contributed by atoms with Crippen LogP contribution in [0.1, 0.15) is 87.2 Å². The standard InChI is InChI=1S/C29H32ClN/c30-28-20-31-29(23-14-8-3-9-15-23)19-27(28)26-17-24(21-10-4-1-5-11-21)16-25(18-26)22-12-6-2-7-13-22/h3,8-9,14-22H,1-2,4-7,10-13H2. The summed E-state index contributed by atoms with van der Waals surface area (Å²) in [6.07, 6.45) is 15.4. The van der Waals surface area contributed by atoms with Gasteiger partial charge < -0.3 is 0 Å². The van der Waals surface area contributed by atoms with E-state index in [0.717, 1.165) is 21.8 Å². The van der Waals surface area contributed by atoms with Crippen LogP contribution in [0, 0.1) is 0 Å². The van der Waals surface area contributed by atoms with Crippen LogP contribution < -0.4 is 0 Å². The van der Waals surface area contributed by atoms with E-state index in [-0.39, 0.29) is 0 Å². The van der Waals surface area contributed by atoms with Crippen molar-refractivity contribution in [2.45, 2.75) is 76.0 Å². The molecule has 0 unspecified atom stereocenters. The third kappa shape index (κ3) is 4.72. The molecule has 1 heterocycles. The molecule has 0 aliphatic heterocycles. The summed E-state index contributed by atoms with van der Waals surface area (Å²) in [4.78, 5) is 4.63. The Morgan fingerprint density at radius 3 is 1.81 bits per heavy atom. The van der Waals surface area contributed by atoms with Crippen molar-refractivity contribution in [2.75, 3.05) is 0 Å². The first kappa shape index (κ1) is 20.8. The van der Waals surface area contributed by atoms with Gasteiger partial charge in [0.15, 0.2) is 0 Å². The van der Waals surface area contributed by atoms with Gasteiger partial charge in [-0.1, -0.05) is 98.7 Å². The van der Waals surface area contributed by atoms with Crippen LogP contribution in [0.3, 0.4) is 0 Å². The van der Waals surface area contributed by atoms with E-state index in [2.05, 4.69) is 53.5 Å². The first-order valence-electron chi connectivity index (χ1n) is 12.1. The van der Waals surface area contributed by atoms with Gasteiger partial charge in [0.1, 0.15) is 0 Å². The second-order valence-corrected chi connectivity index (χ2v) is 9.88. The average molecular weight is 430 g/mol. The Morgan fingerprint density at radius 1 is 0.645 bits per heavy atom. The van der Waals surface area contributed by atoms with Gasteiger partial charge in [-0.05, 0) is 60.3 Å². The van der Waals surface area contributed by atoms with E-state index in [9.17, 15) is 0 Å². The van der Waals surface area contributed by atoms with Crippen LogP contribution in [0.5, 0.6) is 0 Å². The minimum absolute atomic E-state index is 0.699. The lowest BCUT2D eigenvalue weighted by atomic mass is 9.78. The minimum atomic E-state index is 0.699. The Kier molecular flexibility index (Phi) is 6.41. The second kappa shape index (κ2) is 9.57. The monoisotopic (exact) mass is 429 g/mol. The Labute approximate surface area is 191 Å². The number of hydrogen-bond acceptors (Lipinski definition) is 1. The zero-order valence-electron chi connectivity index (χ0n) is 18.3. The molecule has 0 atom stereocenters. The molecule has 2 heteroatoms. The number of nitrogens with zero attached hydrogens (tertiary/aromatic N) is 1. The van der Waals surface area contributed by atoms with E-state index in [4.69, 9.17) is 11.6 Å². The van der Waals surface area contributed by atoms with Crippen LogP contribution in [-0.2, 0) is 0 Å². The smallest absolute Gasteiger partial charge is 0.0709 e. The summed E-state index contributed by atoms with van der Waals surface area (Å²) < 4.78 is 0. The molecule has 1 aromatic heterocycles. The van der Waals surface area contributed by atoms with Gasteiger partial charge in [0.25, 0.3) is 0 Å². The lowest BCUT2D eigenvalue weighted by Gasteiger charge is -2.27. The Morgan fingerprint density at radius 2 is 1.23 bits per heavy atom. The molecular formula is C29H32ClN. The zero-order chi connectivity index (χ0) is 21.0. The number of rotatable bonds is 4. The van der Waals surface area contributed by atoms with Gasteiger partial charge in [-0.2, -0.15) is 0 Å². The van der Waals surface area contributed by atoms with Gasteiger partial charge >= 0.3 is 0 Å². The molecule has 0 N–H and O–H groups in total. The summed E-state index contributed by atoms with van der Waals surface area (Å²) in [5, 5.41) is 0.745. The van der Waals surface area contributed by atoms with Crippen LogP contribution in [0.4, 0.5) is 0 Å². The van der Waals surface area contributed by atoms with Crippen molar-refractivity contribution in [3.8, 4) is 22.4 Å². The molecule has 5 rings (SSSR count). The third-order valence-electron chi connectivity index (χ3n) is 7.37. The fourth-order valence-corrected chi connectivity index (χ4v) is 5.81. The summed E-state index contributed by atoms with van der Waals surface area (Å²) in [6.45, 7) is 0. The number of pyridine rings is 1. The van der Waals surface area contributed by atoms with Crippen LogP contribution in [-0.4, -0.2) is 4.98 Å². The molecule has 0 saturated heterocycles. The van der Waals surface area contributed by atoms with Crippen molar-refractivity contribution < 1.29 is 0 Å². The van der Waals surface area contributed by atoms with E-state index < -0.39 is 0 Å². The highest BCUT2D eigenvalue weighted by atomic mass is 35.5. The Hall–Kier alpha value is -2.12. The molecule has 2 aliphatic carbocycles. The maximum Gasteiger partial charge on any atom is 0.0709 e. The summed E-state index contributed by atoms with van der Waals surface area (Å²) in [6, 6.07) is 20.0. The molecule has 2 fully saturated rings. The minimum Gasteiger partial charge on any atom is -0.255 e. The Bertz CT molecular complexity index is 978. The molecule has 2 aliphatic rings. The predicted molar refractivity (Wildman–Crippen MR) is 132 cm³/mol. The highest BCUT2D eigenvalue weighted by Crippen LogP contribution is 2.41. The van der Waals surface area contributed by atoms with Crippen molar-refractivity contribution in [1.29, 1.82) is 0 Å². The molecule has 2 aromatic carbocycles. The first-order chi connectivity index (χ1) is 15.3. The molecule has 1 nitrogen and oxygen atoms in total. The van der Waals surface area contributed by atoms with Gasteiger partial charge in [-0.3, -0.25) is 4.98 Å². The number of aromatic nitrogens is 1. The van der Waals surface area contributed by atoms with Crippen molar-refractivity contribution in [3.63, 3.8) is 0 Å². The van der Waals surface area contributed by atoms with Crippen LogP contribution in [0.2, 0.25) is 5.02 Å². The van der Waals surface area contributed by atoms with Crippen LogP contribution >= 0.6 is 11.6 Å². The van der Waals surface area contributed by atoms with E-state index in [0.29, 0.717) is 11.8 Å². The van der Waals surface area contributed by atoms with Crippen molar-refractivity contribution in [3.05, 3.63) is 76.9 Å². The normalized spacial score (nSPS) is 18.2. The van der Waals surface area contributed by atoms with E-state index in [1.165, 1.54) is 80.9 Å². The quantitative estimate of drug-likeness (QED) is 0.402. The number of benzene rings is 2. The summed E-state index contributed by atoms with van der Waals surface area (Å²) >= 11 is 6.73. The van der Waals surface area contributed by atoms with E-state index in [1.54, 1.807) is 0 Å². The SMILES string of the molecule is Clc1cnc(-c2ccccc2)cc1-c1cc(C2CCCCC2)cc(C2CCCCC2)c1. The van der Waals surface area contributed by atoms with Gasteiger partial charge in [0.2, 0.25) is 0 Å². The molecule has 3 aromatic rings. The highest BCUT2D eigenvalue weighted by Gasteiger charge is 2.22. The van der Waals surface area contributed by atoms with Gasteiger partial charge in [0, 0.05) is 17.3 Å². The molecule has 160 valence electrons. The molecule has 2 saturated carbocycles. The van der Waals surface area contributed by atoms with Crippen molar-refractivity contribution in [2.24, 2.45) is 0 Å². The highest BCUT2D eigenvalue weighted by molar-refractivity contribution is 6.33. The maximum atomic E-state index is 6.73. The van der Waals surface area contributed by atoms with Gasteiger partial charge in [-0.25, -0.2) is 0 Å². The largest absolute Gasteiger partial charge is 0.255 e. The molecule has 31 heavy (non-hydrogen) atoms. The summed E-state index contributed by atoms with van der Waals surface area (Å²) in [5.41, 5.74) is 7.58. The zero-order valence-corrected chi connectivity index (χ0v) is 19.1. The summed E-state index contributed by atoms with van der Waals surface area (Å²) in [5.74, 6) is 1.40. The molecule has 0 spiro atoms. The fraction of sp³-hybridized carbons (Fsp3) is 0.414. The molecule has 0 amide bonds. The number of halogens is 1. The Balaban J connectivity index is 1.59. The van der Waals surface area contributed by atoms with Gasteiger partial charge in [-0.15, -0.1) is 0 Å². The molecule has 0 radical (unpaired) electrons. The lowest BCUT2D eigenvalue weighted by Crippen LogP contribution is -2.08. The summed E-state index contributed by atoms with van der Waals surface area (Å²) in [7, 11) is 0. The first-order valence-corrected chi connectivity index (χ1v) is 12.5. The molecular weight excluding hydrogens is 398 g/mol. The van der Waals surface area contributed by atoms with Crippen molar-refractivity contribution >= 4 is 11.6 Å². The third-order valence-corrected chi connectivity index (χ3v) is 7.67. The lowest BCUT2D eigenvalue weighted by molar-refractivity contribution is 0.435. The topological polar surface area (TPSA) is 12.9 Å². The second-order valence-electron chi connectivity index (χ2n) is 9.47. The molecule has 0 bridgehead atoms. The fourth-order valence-electron chi connectivity index (χ4n) is 5.60. The average Bonchev–Trinajstić information content (AvgIpc) is 2.86. The van der Waals surface area contributed by atoms with Crippen LogP contribution in [0.15, 0.2) is 60.8 Å². The van der Waals surface area contributed by atoms with Crippen LogP contribution in [0.25, 0.3) is 22.4 Å². The van der Waals surface area contributed by atoms with E-state index >= 15 is 0 Å².